The Balaban J connectivity index is 1.70. The number of likely N-dealkylation sites (N-methyl/N-ethyl adjacent to an activating group) is 2. The predicted octanol–water partition coefficient (Wildman–Crippen LogP) is 4.60. The highest BCUT2D eigenvalue weighted by molar-refractivity contribution is 6.02. The molecule has 2 N–H and O–H groups in total. The van der Waals surface area contributed by atoms with Crippen molar-refractivity contribution in [2.75, 3.05) is 56.9 Å². The second-order valence-electron chi connectivity index (χ2n) is 9.87. The van der Waals surface area contributed by atoms with E-state index in [0.29, 0.717) is 22.9 Å². The van der Waals surface area contributed by atoms with Gasteiger partial charge >= 0.3 is 5.97 Å². The van der Waals surface area contributed by atoms with Crippen LogP contribution in [0.3, 0.4) is 0 Å². The second kappa shape index (κ2) is 12.0. The van der Waals surface area contributed by atoms with Crippen LogP contribution in [0.5, 0.6) is 0 Å². The SMILES string of the molecule is C=CC(=O)Nc1cc(Nc2nccc(-c3cn(C)c4ccc(C(=O)OC)cc34)n2)c(C)cc1N(C)CCN(C)C. The molecule has 0 bridgehead atoms. The topological polar surface area (TPSA) is 105 Å². The van der Waals surface area contributed by atoms with E-state index in [2.05, 4.69) is 32.0 Å². The first kappa shape index (κ1) is 28.3. The largest absolute Gasteiger partial charge is 0.465 e. The Bertz CT molecular complexity index is 1580. The Labute approximate surface area is 234 Å². The minimum absolute atomic E-state index is 0.294. The number of esters is 1. The van der Waals surface area contributed by atoms with Gasteiger partial charge in [-0.1, -0.05) is 6.58 Å². The third-order valence-corrected chi connectivity index (χ3v) is 6.67. The van der Waals surface area contributed by atoms with Crippen LogP contribution in [0.25, 0.3) is 22.2 Å². The minimum atomic E-state index is -0.396. The summed E-state index contributed by atoms with van der Waals surface area (Å²) in [6, 6.07) is 11.2. The summed E-state index contributed by atoms with van der Waals surface area (Å²) in [6.07, 6.45) is 4.91. The molecule has 2 aromatic heterocycles. The maximum atomic E-state index is 12.2. The first-order valence-corrected chi connectivity index (χ1v) is 12.8. The number of fused-ring (bicyclic) bond motifs is 1. The number of ether oxygens (including phenoxy) is 1. The van der Waals surface area contributed by atoms with Gasteiger partial charge in [-0.05, 0) is 69.1 Å². The Morgan fingerprint density at radius 2 is 1.88 bits per heavy atom. The van der Waals surface area contributed by atoms with Crippen LogP contribution < -0.4 is 15.5 Å². The van der Waals surface area contributed by atoms with Gasteiger partial charge in [0, 0.05) is 61.7 Å². The highest BCUT2D eigenvalue weighted by Crippen LogP contribution is 2.34. The van der Waals surface area contributed by atoms with E-state index in [-0.39, 0.29) is 5.91 Å². The lowest BCUT2D eigenvalue weighted by Crippen LogP contribution is -2.29. The Hall–Kier alpha value is -4.70. The summed E-state index contributed by atoms with van der Waals surface area (Å²) in [5.74, 6) is -0.290. The highest BCUT2D eigenvalue weighted by atomic mass is 16.5. The van der Waals surface area contributed by atoms with Crippen LogP contribution in [-0.4, -0.2) is 72.7 Å². The van der Waals surface area contributed by atoms with Gasteiger partial charge < -0.3 is 29.7 Å². The van der Waals surface area contributed by atoms with Crippen molar-refractivity contribution in [2.24, 2.45) is 7.05 Å². The average Bonchev–Trinajstić information content (AvgIpc) is 3.28. The predicted molar refractivity (Wildman–Crippen MR) is 160 cm³/mol. The second-order valence-corrected chi connectivity index (χ2v) is 9.87. The Kier molecular flexibility index (Phi) is 8.49. The summed E-state index contributed by atoms with van der Waals surface area (Å²) in [7, 11) is 9.36. The summed E-state index contributed by atoms with van der Waals surface area (Å²) in [5.41, 5.74) is 6.26. The molecule has 0 spiro atoms. The average molecular weight is 542 g/mol. The van der Waals surface area contributed by atoms with E-state index < -0.39 is 5.97 Å². The standard InChI is InChI=1S/C30H35N7O3/c1-8-28(38)32-25-17-24(19(2)15-27(25)36(5)14-13-35(3)4)34-30-31-12-11-23(33-30)22-18-37(6)26-10-9-20(16-21(22)26)29(39)40-7/h8-12,15-18H,1,13-14H2,2-7H3,(H,32,38)(H,31,33,34). The molecule has 0 atom stereocenters. The number of hydrogen-bond donors (Lipinski definition) is 2. The molecule has 0 aliphatic rings. The maximum Gasteiger partial charge on any atom is 0.337 e. The van der Waals surface area contributed by atoms with Crippen molar-refractivity contribution < 1.29 is 14.3 Å². The number of carbonyl (C=O) groups is 2. The van der Waals surface area contributed by atoms with E-state index in [4.69, 9.17) is 9.72 Å². The van der Waals surface area contributed by atoms with Crippen LogP contribution >= 0.6 is 0 Å². The molecule has 0 saturated heterocycles. The molecule has 208 valence electrons. The van der Waals surface area contributed by atoms with Gasteiger partial charge in [0.1, 0.15) is 0 Å². The van der Waals surface area contributed by atoms with E-state index in [0.717, 1.165) is 46.5 Å². The molecule has 10 heteroatoms. The first-order chi connectivity index (χ1) is 19.1. The molecule has 10 nitrogen and oxygen atoms in total. The van der Waals surface area contributed by atoms with Crippen molar-refractivity contribution >= 4 is 45.8 Å². The number of carbonyl (C=O) groups excluding carboxylic acids is 2. The van der Waals surface area contributed by atoms with Gasteiger partial charge in [-0.15, -0.1) is 0 Å². The fraction of sp³-hybridized carbons (Fsp3) is 0.267. The Morgan fingerprint density at radius 1 is 1.10 bits per heavy atom. The smallest absolute Gasteiger partial charge is 0.337 e. The minimum Gasteiger partial charge on any atom is -0.465 e. The number of aryl methyl sites for hydroxylation is 2. The number of rotatable bonds is 10. The molecule has 0 aliphatic heterocycles. The van der Waals surface area contributed by atoms with E-state index in [9.17, 15) is 9.59 Å². The van der Waals surface area contributed by atoms with E-state index in [1.165, 1.54) is 13.2 Å². The lowest BCUT2D eigenvalue weighted by Gasteiger charge is -2.25. The summed E-state index contributed by atoms with van der Waals surface area (Å²) in [5, 5.41) is 7.13. The van der Waals surface area contributed by atoms with Crippen LogP contribution in [0.15, 0.2) is 61.4 Å². The lowest BCUT2D eigenvalue weighted by molar-refractivity contribution is -0.111. The van der Waals surface area contributed by atoms with Gasteiger partial charge in [0.15, 0.2) is 0 Å². The van der Waals surface area contributed by atoms with Gasteiger partial charge in [-0.2, -0.15) is 0 Å². The van der Waals surface area contributed by atoms with E-state index in [1.807, 2.05) is 76.2 Å². The number of hydrogen-bond acceptors (Lipinski definition) is 8. The molecule has 0 fully saturated rings. The van der Waals surface area contributed by atoms with Crippen LogP contribution in [0.2, 0.25) is 0 Å². The molecule has 0 unspecified atom stereocenters. The molecule has 0 saturated carbocycles. The van der Waals surface area contributed by atoms with Gasteiger partial charge in [-0.3, -0.25) is 4.79 Å². The fourth-order valence-electron chi connectivity index (χ4n) is 4.43. The molecule has 40 heavy (non-hydrogen) atoms. The summed E-state index contributed by atoms with van der Waals surface area (Å²) in [4.78, 5) is 37.8. The number of amides is 1. The van der Waals surface area contributed by atoms with Crippen LogP contribution in [-0.2, 0) is 16.6 Å². The summed E-state index contributed by atoms with van der Waals surface area (Å²) >= 11 is 0. The van der Waals surface area contributed by atoms with Crippen molar-refractivity contribution in [3.8, 4) is 11.3 Å². The lowest BCUT2D eigenvalue weighted by atomic mass is 10.1. The normalized spacial score (nSPS) is 11.0. The number of benzene rings is 2. The first-order valence-electron chi connectivity index (χ1n) is 12.8. The zero-order valence-electron chi connectivity index (χ0n) is 23.8. The van der Waals surface area contributed by atoms with Crippen LogP contribution in [0.1, 0.15) is 15.9 Å². The molecular formula is C30H35N7O3. The summed E-state index contributed by atoms with van der Waals surface area (Å²) < 4.78 is 6.90. The fourth-order valence-corrected chi connectivity index (χ4v) is 4.43. The Morgan fingerprint density at radius 3 is 2.58 bits per heavy atom. The molecule has 4 aromatic rings. The number of nitrogens with zero attached hydrogens (tertiary/aromatic N) is 5. The third kappa shape index (κ3) is 6.13. The van der Waals surface area contributed by atoms with E-state index >= 15 is 0 Å². The van der Waals surface area contributed by atoms with Crippen molar-refractivity contribution in [3.05, 3.63) is 72.6 Å². The number of nitrogens with one attached hydrogen (secondary N) is 2. The zero-order valence-corrected chi connectivity index (χ0v) is 23.8. The number of methoxy groups -OCH3 is 1. The van der Waals surface area contributed by atoms with Crippen LogP contribution in [0.4, 0.5) is 23.0 Å². The molecule has 2 aromatic carbocycles. The molecule has 0 aliphatic carbocycles. The quantitative estimate of drug-likeness (QED) is 0.222. The van der Waals surface area contributed by atoms with Crippen molar-refractivity contribution in [3.63, 3.8) is 0 Å². The van der Waals surface area contributed by atoms with Gasteiger partial charge in [-0.25, -0.2) is 14.8 Å². The molecule has 4 rings (SSSR count). The van der Waals surface area contributed by atoms with Crippen molar-refractivity contribution in [1.82, 2.24) is 19.4 Å². The monoisotopic (exact) mass is 541 g/mol. The molecule has 2 heterocycles. The van der Waals surface area contributed by atoms with Crippen molar-refractivity contribution in [1.29, 1.82) is 0 Å². The zero-order chi connectivity index (χ0) is 29.0. The number of aromatic nitrogens is 3. The molecule has 0 radical (unpaired) electrons. The molecule has 1 amide bonds. The van der Waals surface area contributed by atoms with Crippen LogP contribution in [0, 0.1) is 6.92 Å². The highest BCUT2D eigenvalue weighted by Gasteiger charge is 2.16. The maximum absolute atomic E-state index is 12.2. The van der Waals surface area contributed by atoms with Gasteiger partial charge in [0.25, 0.3) is 0 Å². The number of anilines is 4. The summed E-state index contributed by atoms with van der Waals surface area (Å²) in [6.45, 7) is 7.22. The van der Waals surface area contributed by atoms with Gasteiger partial charge in [0.05, 0.1) is 29.7 Å². The molecular weight excluding hydrogens is 506 g/mol. The third-order valence-electron chi connectivity index (χ3n) is 6.67. The van der Waals surface area contributed by atoms with Gasteiger partial charge in [0.2, 0.25) is 11.9 Å². The van der Waals surface area contributed by atoms with Crippen molar-refractivity contribution in [2.45, 2.75) is 6.92 Å². The van der Waals surface area contributed by atoms with E-state index in [1.54, 1.807) is 12.3 Å².